The molecular weight excluding hydrogens is 787 g/mol. The van der Waals surface area contributed by atoms with Gasteiger partial charge in [-0.15, -0.1) is 0 Å². The summed E-state index contributed by atoms with van der Waals surface area (Å²) >= 11 is 0. The van der Waals surface area contributed by atoms with Gasteiger partial charge in [0.05, 0.1) is 28.2 Å². The van der Waals surface area contributed by atoms with Crippen molar-refractivity contribution >= 4 is 17.1 Å². The van der Waals surface area contributed by atoms with Gasteiger partial charge >= 0.3 is 0 Å². The summed E-state index contributed by atoms with van der Waals surface area (Å²) in [6.45, 7) is 4.73. The summed E-state index contributed by atoms with van der Waals surface area (Å²) in [7, 11) is 0. The van der Waals surface area contributed by atoms with Crippen LogP contribution in [0.4, 0.5) is 17.1 Å². The highest BCUT2D eigenvalue weighted by Gasteiger charge is 2.52. The minimum Gasteiger partial charge on any atom is -0.310 e. The molecule has 0 fully saturated rings. The van der Waals surface area contributed by atoms with Crippen LogP contribution < -0.4 is 4.90 Å². The molecule has 3 heteroatoms. The molecule has 3 aliphatic rings. The number of aromatic nitrogens is 2. The van der Waals surface area contributed by atoms with E-state index in [-0.39, 0.29) is 5.41 Å². The van der Waals surface area contributed by atoms with Crippen molar-refractivity contribution < 1.29 is 0 Å². The molecule has 3 nitrogen and oxygen atoms in total. The van der Waals surface area contributed by atoms with Gasteiger partial charge in [-0.3, -0.25) is 0 Å². The first-order valence-corrected chi connectivity index (χ1v) is 22.6. The van der Waals surface area contributed by atoms with E-state index in [2.05, 4.69) is 237 Å². The molecule has 65 heavy (non-hydrogen) atoms. The van der Waals surface area contributed by atoms with Gasteiger partial charge in [0.15, 0.2) is 5.82 Å². The third-order valence-electron chi connectivity index (χ3n) is 14.3. The average molecular weight is 830 g/mol. The van der Waals surface area contributed by atoms with Gasteiger partial charge in [-0.1, -0.05) is 190 Å². The second-order valence-corrected chi connectivity index (χ2v) is 18.1. The van der Waals surface area contributed by atoms with Gasteiger partial charge in [0, 0.05) is 27.8 Å². The van der Waals surface area contributed by atoms with Crippen molar-refractivity contribution in [3.63, 3.8) is 0 Å². The molecule has 0 saturated heterocycles. The number of anilines is 3. The Morgan fingerprint density at radius 1 is 0.323 bits per heavy atom. The summed E-state index contributed by atoms with van der Waals surface area (Å²) in [4.78, 5) is 12.9. The molecule has 0 amide bonds. The molecule has 1 aliphatic heterocycles. The largest absolute Gasteiger partial charge is 0.310 e. The first-order valence-electron chi connectivity index (χ1n) is 22.6. The summed E-state index contributed by atoms with van der Waals surface area (Å²) in [5.74, 6) is 0.708. The van der Waals surface area contributed by atoms with Crippen molar-refractivity contribution in [2.45, 2.75) is 24.7 Å². The topological polar surface area (TPSA) is 29.0 Å². The quantitative estimate of drug-likeness (QED) is 0.173. The molecule has 1 aromatic heterocycles. The van der Waals surface area contributed by atoms with Gasteiger partial charge in [-0.25, -0.2) is 9.97 Å². The number of rotatable bonds is 5. The first kappa shape index (κ1) is 37.4. The fourth-order valence-corrected chi connectivity index (χ4v) is 11.3. The van der Waals surface area contributed by atoms with Crippen molar-refractivity contribution in [1.82, 2.24) is 9.97 Å². The summed E-state index contributed by atoms with van der Waals surface area (Å²) in [6.07, 6.45) is 0. The lowest BCUT2D eigenvalue weighted by atomic mass is 9.64. The monoisotopic (exact) mass is 829 g/mol. The van der Waals surface area contributed by atoms with Crippen LogP contribution in [0, 0.1) is 0 Å². The lowest BCUT2D eigenvalue weighted by Gasteiger charge is -2.45. The third kappa shape index (κ3) is 5.49. The summed E-state index contributed by atoms with van der Waals surface area (Å²) in [6, 6.07) is 82.1. The van der Waals surface area contributed by atoms with Gasteiger partial charge in [0.1, 0.15) is 0 Å². The van der Waals surface area contributed by atoms with Crippen molar-refractivity contribution in [2.75, 3.05) is 4.90 Å². The normalized spacial score (nSPS) is 14.2. The predicted octanol–water partition coefficient (Wildman–Crippen LogP) is 15.6. The number of hydrogen-bond donors (Lipinski definition) is 0. The van der Waals surface area contributed by atoms with Crippen LogP contribution >= 0.6 is 0 Å². The van der Waals surface area contributed by atoms with E-state index in [0.29, 0.717) is 5.82 Å². The molecule has 2 heterocycles. The van der Waals surface area contributed by atoms with E-state index >= 15 is 0 Å². The predicted molar refractivity (Wildman–Crippen MR) is 267 cm³/mol. The van der Waals surface area contributed by atoms with Gasteiger partial charge in [0.25, 0.3) is 0 Å². The number of benzene rings is 9. The van der Waals surface area contributed by atoms with E-state index in [0.717, 1.165) is 33.8 Å². The van der Waals surface area contributed by atoms with E-state index in [1.165, 1.54) is 78.1 Å². The SMILES string of the molecule is CC1(C)c2ccccc2-c2ccc(-c3ccc4c(c3)-c3cc(-c5cc(-c6ccccc6)nc(-c6ccccc6)n5)ccc3C43c4ccccc4N(c4ccccc4)c4ccccc43)cc21. The van der Waals surface area contributed by atoms with E-state index in [1.807, 2.05) is 6.07 Å². The van der Waals surface area contributed by atoms with Crippen LogP contribution in [0.1, 0.15) is 47.2 Å². The molecule has 0 atom stereocenters. The van der Waals surface area contributed by atoms with Crippen LogP contribution in [0.2, 0.25) is 0 Å². The molecule has 13 rings (SSSR count). The van der Waals surface area contributed by atoms with Crippen molar-refractivity contribution in [1.29, 1.82) is 0 Å². The molecule has 0 bridgehead atoms. The van der Waals surface area contributed by atoms with Crippen LogP contribution in [0.5, 0.6) is 0 Å². The van der Waals surface area contributed by atoms with Crippen molar-refractivity contribution in [2.24, 2.45) is 0 Å². The number of para-hydroxylation sites is 3. The maximum absolute atomic E-state index is 5.31. The fraction of sp³-hybridized carbons (Fsp3) is 0.0645. The Bertz CT molecular complexity index is 3410. The zero-order valence-corrected chi connectivity index (χ0v) is 36.2. The maximum atomic E-state index is 5.31. The number of fused-ring (bicyclic) bond motifs is 12. The minimum atomic E-state index is -0.585. The third-order valence-corrected chi connectivity index (χ3v) is 14.3. The van der Waals surface area contributed by atoms with Crippen LogP contribution in [-0.2, 0) is 10.8 Å². The Morgan fingerprint density at radius 2 is 0.800 bits per heavy atom. The standard InChI is InChI=1S/C62H43N3/c1-61(2)50-25-13-12-24-46(50)47-33-30-43(38-55(47)61)42-31-34-51-48(36-42)49-37-44(57-39-56(40-18-6-3-7-19-40)63-60(64-57)41-20-8-4-9-21-41)32-35-52(49)62(51)53-26-14-16-28-58(53)65(45-22-10-5-11-23-45)59-29-17-15-27-54(59)62/h3-39H,1-2H3. The zero-order valence-electron chi connectivity index (χ0n) is 36.2. The molecule has 0 unspecified atom stereocenters. The molecule has 1 spiro atoms. The lowest BCUT2D eigenvalue weighted by molar-refractivity contribution is 0.660. The van der Waals surface area contributed by atoms with Crippen LogP contribution in [0.3, 0.4) is 0 Å². The fourth-order valence-electron chi connectivity index (χ4n) is 11.3. The van der Waals surface area contributed by atoms with Crippen LogP contribution in [-0.4, -0.2) is 9.97 Å². The number of nitrogens with zero attached hydrogens (tertiary/aromatic N) is 3. The van der Waals surface area contributed by atoms with E-state index in [1.54, 1.807) is 0 Å². The Hall–Kier alpha value is -8.14. The molecule has 0 saturated carbocycles. The molecule has 10 aromatic rings. The first-order chi connectivity index (χ1) is 32.0. The van der Waals surface area contributed by atoms with Gasteiger partial charge in [0.2, 0.25) is 0 Å². The molecule has 0 N–H and O–H groups in total. The van der Waals surface area contributed by atoms with Gasteiger partial charge in [-0.05, 0) is 115 Å². The highest BCUT2D eigenvalue weighted by molar-refractivity contribution is 5.98. The summed E-state index contributed by atoms with van der Waals surface area (Å²) in [5.41, 5.74) is 23.1. The molecule has 0 radical (unpaired) electrons. The smallest absolute Gasteiger partial charge is 0.160 e. The second kappa shape index (κ2) is 14.2. The summed E-state index contributed by atoms with van der Waals surface area (Å²) in [5, 5.41) is 0. The second-order valence-electron chi connectivity index (χ2n) is 18.1. The van der Waals surface area contributed by atoms with Crippen LogP contribution in [0.15, 0.2) is 224 Å². The highest BCUT2D eigenvalue weighted by Crippen LogP contribution is 2.64. The lowest BCUT2D eigenvalue weighted by Crippen LogP contribution is -2.36. The molecular formula is C62H43N3. The minimum absolute atomic E-state index is 0.0981. The molecule has 2 aliphatic carbocycles. The van der Waals surface area contributed by atoms with E-state index < -0.39 is 5.41 Å². The Kier molecular flexibility index (Phi) is 8.17. The van der Waals surface area contributed by atoms with Crippen molar-refractivity contribution in [3.05, 3.63) is 258 Å². The van der Waals surface area contributed by atoms with E-state index in [4.69, 9.17) is 9.97 Å². The van der Waals surface area contributed by atoms with Gasteiger partial charge in [-0.2, -0.15) is 0 Å². The van der Waals surface area contributed by atoms with E-state index in [9.17, 15) is 0 Å². The van der Waals surface area contributed by atoms with Crippen LogP contribution in [0.25, 0.3) is 67.3 Å². The maximum Gasteiger partial charge on any atom is 0.160 e. The van der Waals surface area contributed by atoms with Crippen molar-refractivity contribution in [3.8, 4) is 67.3 Å². The molecule has 9 aromatic carbocycles. The Balaban J connectivity index is 1.06. The Morgan fingerprint density at radius 3 is 1.46 bits per heavy atom. The Labute approximate surface area is 380 Å². The average Bonchev–Trinajstić information content (AvgIpc) is 3.79. The zero-order chi connectivity index (χ0) is 43.3. The highest BCUT2D eigenvalue weighted by atomic mass is 15.2. The molecule has 306 valence electrons. The van der Waals surface area contributed by atoms with Gasteiger partial charge < -0.3 is 4.90 Å². The summed E-state index contributed by atoms with van der Waals surface area (Å²) < 4.78 is 0. The number of hydrogen-bond acceptors (Lipinski definition) is 3.